The Morgan fingerprint density at radius 3 is 2.19 bits per heavy atom. The van der Waals surface area contributed by atoms with E-state index in [1.807, 2.05) is 48.5 Å². The van der Waals surface area contributed by atoms with Crippen molar-refractivity contribution >= 4 is 0 Å². The van der Waals surface area contributed by atoms with Gasteiger partial charge in [-0.15, -0.1) is 0 Å². The molecule has 0 radical (unpaired) electrons. The van der Waals surface area contributed by atoms with Gasteiger partial charge in [0.05, 0.1) is 12.2 Å². The zero-order valence-corrected chi connectivity index (χ0v) is 15.1. The fourth-order valence-corrected chi connectivity index (χ4v) is 3.62. The van der Waals surface area contributed by atoms with Crippen molar-refractivity contribution in [2.45, 2.75) is 32.1 Å². The van der Waals surface area contributed by atoms with Crippen LogP contribution >= 0.6 is 0 Å². The molecule has 3 unspecified atom stereocenters. The first-order chi connectivity index (χ1) is 12.7. The Balaban J connectivity index is 1.71. The number of ether oxygens (including phenoxy) is 1. The molecule has 134 valence electrons. The van der Waals surface area contributed by atoms with E-state index in [0.717, 1.165) is 24.2 Å². The van der Waals surface area contributed by atoms with Gasteiger partial charge in [-0.05, 0) is 19.4 Å². The summed E-state index contributed by atoms with van der Waals surface area (Å²) in [7, 11) is 0. The Kier molecular flexibility index (Phi) is 4.82. The number of hydrogen-bond donors (Lipinski definition) is 0. The zero-order valence-electron chi connectivity index (χ0n) is 15.1. The number of hydrogen-bond acceptors (Lipinski definition) is 5. The van der Waals surface area contributed by atoms with E-state index in [0.29, 0.717) is 11.7 Å². The second-order valence-electron chi connectivity index (χ2n) is 6.85. The number of benzene rings is 2. The first-order valence-corrected chi connectivity index (χ1v) is 9.04. The van der Waals surface area contributed by atoms with Gasteiger partial charge in [0, 0.05) is 18.7 Å². The van der Waals surface area contributed by atoms with Crippen LogP contribution in [0.15, 0.2) is 65.2 Å². The third-order valence-corrected chi connectivity index (χ3v) is 4.64. The highest BCUT2D eigenvalue weighted by molar-refractivity contribution is 5.53. The van der Waals surface area contributed by atoms with Crippen LogP contribution in [-0.4, -0.2) is 40.3 Å². The van der Waals surface area contributed by atoms with Gasteiger partial charge in [0.25, 0.3) is 0 Å². The predicted octanol–water partition coefficient (Wildman–Crippen LogP) is 3.94. The molecule has 0 bridgehead atoms. The Labute approximate surface area is 153 Å². The molecule has 0 saturated carbocycles. The van der Waals surface area contributed by atoms with E-state index in [-0.39, 0.29) is 18.2 Å². The lowest BCUT2D eigenvalue weighted by Crippen LogP contribution is -2.47. The van der Waals surface area contributed by atoms with Crippen LogP contribution in [0.2, 0.25) is 0 Å². The first-order valence-electron chi connectivity index (χ1n) is 9.04. The summed E-state index contributed by atoms with van der Waals surface area (Å²) in [6, 6.07) is 20.2. The summed E-state index contributed by atoms with van der Waals surface area (Å²) in [5.41, 5.74) is 2.11. The normalized spacial score (nSPS) is 22.2. The molecule has 5 heteroatoms. The summed E-state index contributed by atoms with van der Waals surface area (Å²) >= 11 is 0. The van der Waals surface area contributed by atoms with E-state index in [2.05, 4.69) is 36.0 Å². The number of morpholine rings is 1. The van der Waals surface area contributed by atoms with E-state index in [1.165, 1.54) is 0 Å². The highest BCUT2D eigenvalue weighted by Crippen LogP contribution is 2.31. The smallest absolute Gasteiger partial charge is 0.248 e. The average molecular weight is 349 g/mol. The Bertz CT molecular complexity index is 825. The highest BCUT2D eigenvalue weighted by atomic mass is 16.5. The van der Waals surface area contributed by atoms with Crippen LogP contribution in [0.1, 0.15) is 31.3 Å². The molecule has 1 aromatic heterocycles. The van der Waals surface area contributed by atoms with Crippen molar-refractivity contribution in [2.75, 3.05) is 13.1 Å². The Morgan fingerprint density at radius 2 is 1.54 bits per heavy atom. The third kappa shape index (κ3) is 3.54. The van der Waals surface area contributed by atoms with Gasteiger partial charge in [-0.1, -0.05) is 65.8 Å². The average Bonchev–Trinajstić information content (AvgIpc) is 3.12. The molecular formula is C21H23N3O2. The lowest BCUT2D eigenvalue weighted by Gasteiger charge is -2.38. The van der Waals surface area contributed by atoms with Crippen LogP contribution in [0.4, 0.5) is 0 Å². The van der Waals surface area contributed by atoms with Crippen molar-refractivity contribution < 1.29 is 9.26 Å². The summed E-state index contributed by atoms with van der Waals surface area (Å²) in [6.07, 6.45) is 0.336. The second kappa shape index (κ2) is 7.40. The van der Waals surface area contributed by atoms with Gasteiger partial charge in [0.1, 0.15) is 6.04 Å². The molecule has 1 aliphatic rings. The minimum atomic E-state index is -0.0741. The van der Waals surface area contributed by atoms with Gasteiger partial charge in [0.2, 0.25) is 11.7 Å². The maximum Gasteiger partial charge on any atom is 0.248 e. The van der Waals surface area contributed by atoms with Gasteiger partial charge in [0.15, 0.2) is 0 Å². The molecule has 4 rings (SSSR count). The van der Waals surface area contributed by atoms with E-state index in [1.54, 1.807) is 0 Å². The van der Waals surface area contributed by atoms with Crippen LogP contribution in [0.3, 0.4) is 0 Å². The van der Waals surface area contributed by atoms with E-state index in [9.17, 15) is 0 Å². The molecule has 2 aromatic carbocycles. The van der Waals surface area contributed by atoms with Crippen LogP contribution in [-0.2, 0) is 4.74 Å². The van der Waals surface area contributed by atoms with Gasteiger partial charge in [-0.25, -0.2) is 0 Å². The summed E-state index contributed by atoms with van der Waals surface area (Å²) in [6.45, 7) is 5.86. The van der Waals surface area contributed by atoms with Crippen LogP contribution in [0.25, 0.3) is 11.4 Å². The number of rotatable bonds is 4. The van der Waals surface area contributed by atoms with Gasteiger partial charge in [-0.2, -0.15) is 4.98 Å². The van der Waals surface area contributed by atoms with Crippen LogP contribution < -0.4 is 0 Å². The first kappa shape index (κ1) is 16.9. The zero-order chi connectivity index (χ0) is 17.9. The van der Waals surface area contributed by atoms with Gasteiger partial charge in [-0.3, -0.25) is 4.90 Å². The van der Waals surface area contributed by atoms with Gasteiger partial charge < -0.3 is 9.26 Å². The molecule has 3 atom stereocenters. The standard InChI is InChI=1S/C21H23N3O2/c1-15-13-24(14-16(2)25-15)19(17-9-5-3-6-10-17)21-22-20(23-26-21)18-11-7-4-8-12-18/h3-12,15-16,19H,13-14H2,1-2H3. The molecule has 0 amide bonds. The molecule has 1 aliphatic heterocycles. The molecular weight excluding hydrogens is 326 g/mol. The van der Waals surface area contributed by atoms with E-state index < -0.39 is 0 Å². The molecule has 1 fully saturated rings. The minimum Gasteiger partial charge on any atom is -0.373 e. The van der Waals surface area contributed by atoms with Crippen molar-refractivity contribution in [1.82, 2.24) is 15.0 Å². The molecule has 5 nitrogen and oxygen atoms in total. The molecule has 3 aromatic rings. The Hall–Kier alpha value is -2.50. The van der Waals surface area contributed by atoms with Gasteiger partial charge >= 0.3 is 0 Å². The van der Waals surface area contributed by atoms with Crippen molar-refractivity contribution in [3.63, 3.8) is 0 Å². The quantitative estimate of drug-likeness (QED) is 0.714. The summed E-state index contributed by atoms with van der Waals surface area (Å²) < 4.78 is 11.6. The highest BCUT2D eigenvalue weighted by Gasteiger charge is 2.33. The number of aromatic nitrogens is 2. The molecule has 0 spiro atoms. The number of nitrogens with zero attached hydrogens (tertiary/aromatic N) is 3. The van der Waals surface area contributed by atoms with Crippen molar-refractivity contribution in [3.8, 4) is 11.4 Å². The maximum atomic E-state index is 5.90. The Morgan fingerprint density at radius 1 is 0.923 bits per heavy atom. The van der Waals surface area contributed by atoms with Crippen LogP contribution in [0.5, 0.6) is 0 Å². The van der Waals surface area contributed by atoms with E-state index in [4.69, 9.17) is 14.2 Å². The van der Waals surface area contributed by atoms with Crippen molar-refractivity contribution in [3.05, 3.63) is 72.1 Å². The molecule has 2 heterocycles. The van der Waals surface area contributed by atoms with Crippen LogP contribution in [0, 0.1) is 0 Å². The third-order valence-electron chi connectivity index (χ3n) is 4.64. The topological polar surface area (TPSA) is 51.4 Å². The fraction of sp³-hybridized carbons (Fsp3) is 0.333. The monoisotopic (exact) mass is 349 g/mol. The predicted molar refractivity (Wildman–Crippen MR) is 99.6 cm³/mol. The maximum absolute atomic E-state index is 5.90. The second-order valence-corrected chi connectivity index (χ2v) is 6.85. The summed E-state index contributed by atoms with van der Waals surface area (Å²) in [5.74, 6) is 1.24. The lowest BCUT2D eigenvalue weighted by atomic mass is 10.0. The van der Waals surface area contributed by atoms with E-state index >= 15 is 0 Å². The fourth-order valence-electron chi connectivity index (χ4n) is 3.62. The lowest BCUT2D eigenvalue weighted by molar-refractivity contribution is -0.0791. The summed E-state index contributed by atoms with van der Waals surface area (Å²) in [4.78, 5) is 7.09. The largest absolute Gasteiger partial charge is 0.373 e. The summed E-state index contributed by atoms with van der Waals surface area (Å²) in [5, 5.41) is 4.22. The molecule has 0 N–H and O–H groups in total. The SMILES string of the molecule is CC1CN(C(c2ccccc2)c2nc(-c3ccccc3)no2)CC(C)O1. The van der Waals surface area contributed by atoms with Crippen molar-refractivity contribution in [1.29, 1.82) is 0 Å². The van der Waals surface area contributed by atoms with Crippen molar-refractivity contribution in [2.24, 2.45) is 0 Å². The molecule has 1 saturated heterocycles. The minimum absolute atomic E-state index is 0.0741. The molecule has 0 aliphatic carbocycles. The molecule has 26 heavy (non-hydrogen) atoms.